The molecule has 1 aromatic carbocycles. The van der Waals surface area contributed by atoms with Gasteiger partial charge in [0.15, 0.2) is 0 Å². The molecule has 7 heteroatoms. The minimum absolute atomic E-state index is 0.151. The van der Waals surface area contributed by atoms with E-state index in [2.05, 4.69) is 20.8 Å². The number of amides is 1. The van der Waals surface area contributed by atoms with Crippen LogP contribution in [0.3, 0.4) is 0 Å². The second-order valence-corrected chi connectivity index (χ2v) is 5.76. The molecule has 0 bridgehead atoms. The first-order valence-electron chi connectivity index (χ1n) is 6.93. The fourth-order valence-corrected chi connectivity index (χ4v) is 2.29. The van der Waals surface area contributed by atoms with E-state index in [0.29, 0.717) is 0 Å². The molecule has 1 aliphatic carbocycles. The van der Waals surface area contributed by atoms with E-state index in [4.69, 9.17) is 5.73 Å². The average molecular weight is 286 g/mol. The van der Waals surface area contributed by atoms with Gasteiger partial charge in [0.2, 0.25) is 5.91 Å². The van der Waals surface area contributed by atoms with Crippen LogP contribution < -0.4 is 11.1 Å². The highest BCUT2D eigenvalue weighted by Gasteiger charge is 2.44. The van der Waals surface area contributed by atoms with Crippen LogP contribution in [0.4, 0.5) is 5.69 Å². The molecule has 21 heavy (non-hydrogen) atoms. The zero-order valence-corrected chi connectivity index (χ0v) is 12.1. The second kappa shape index (κ2) is 4.92. The number of rotatable bonds is 4. The summed E-state index contributed by atoms with van der Waals surface area (Å²) in [7, 11) is 0. The fourth-order valence-electron chi connectivity index (χ4n) is 2.29. The summed E-state index contributed by atoms with van der Waals surface area (Å²) in [6, 6.07) is 5.65. The van der Waals surface area contributed by atoms with Crippen LogP contribution in [0.1, 0.15) is 25.3 Å². The number of tetrazole rings is 1. The Kier molecular flexibility index (Phi) is 3.21. The van der Waals surface area contributed by atoms with Crippen LogP contribution in [-0.2, 0) is 4.79 Å². The number of nitrogens with one attached hydrogen (secondary N) is 1. The van der Waals surface area contributed by atoms with E-state index in [-0.39, 0.29) is 11.8 Å². The summed E-state index contributed by atoms with van der Waals surface area (Å²) in [5.41, 5.74) is 7.80. The maximum Gasteiger partial charge on any atom is 0.244 e. The van der Waals surface area contributed by atoms with Crippen LogP contribution in [0.15, 0.2) is 24.5 Å². The Morgan fingerprint density at radius 3 is 2.86 bits per heavy atom. The summed E-state index contributed by atoms with van der Waals surface area (Å²) in [4.78, 5) is 12.4. The number of hydrogen-bond acceptors (Lipinski definition) is 5. The molecular formula is C14H18N6O. The van der Waals surface area contributed by atoms with Gasteiger partial charge in [-0.15, -0.1) is 5.10 Å². The minimum Gasteiger partial charge on any atom is -0.324 e. The standard InChI is InChI=1S/C14H18N6O/c1-9-3-6-11(20-8-16-18-19-20)7-12(9)17-13(21)14(2,15)10-4-5-10/h3,6-8,10H,4-5,15H2,1-2H3,(H,17,21). The van der Waals surface area contributed by atoms with Gasteiger partial charge in [0, 0.05) is 5.69 Å². The van der Waals surface area contributed by atoms with Gasteiger partial charge in [-0.3, -0.25) is 4.79 Å². The van der Waals surface area contributed by atoms with Gasteiger partial charge in [0.25, 0.3) is 0 Å². The molecule has 1 atom stereocenters. The van der Waals surface area contributed by atoms with Crippen molar-refractivity contribution in [2.45, 2.75) is 32.2 Å². The third-order valence-corrected chi connectivity index (χ3v) is 4.00. The molecule has 0 radical (unpaired) electrons. The Labute approximate surface area is 122 Å². The lowest BCUT2D eigenvalue weighted by molar-refractivity contribution is -0.121. The molecule has 2 aromatic rings. The highest BCUT2D eigenvalue weighted by molar-refractivity contribution is 5.98. The number of hydrogen-bond donors (Lipinski definition) is 2. The molecule has 3 rings (SSSR count). The predicted octanol–water partition coefficient (Wildman–Crippen LogP) is 1.04. The lowest BCUT2D eigenvalue weighted by atomic mass is 9.96. The van der Waals surface area contributed by atoms with Crippen molar-refractivity contribution in [3.05, 3.63) is 30.1 Å². The molecule has 7 nitrogen and oxygen atoms in total. The highest BCUT2D eigenvalue weighted by Crippen LogP contribution is 2.38. The number of aromatic nitrogens is 4. The Balaban J connectivity index is 1.85. The van der Waals surface area contributed by atoms with Crippen LogP contribution in [0.2, 0.25) is 0 Å². The summed E-state index contributed by atoms with van der Waals surface area (Å²) in [6.07, 6.45) is 3.54. The third kappa shape index (κ3) is 2.64. The normalized spacial score (nSPS) is 17.3. The van der Waals surface area contributed by atoms with Gasteiger partial charge in [-0.25, -0.2) is 4.68 Å². The maximum absolute atomic E-state index is 12.4. The van der Waals surface area contributed by atoms with E-state index >= 15 is 0 Å². The van der Waals surface area contributed by atoms with Gasteiger partial charge < -0.3 is 11.1 Å². The summed E-state index contributed by atoms with van der Waals surface area (Å²) in [5, 5.41) is 14.0. The number of anilines is 1. The quantitative estimate of drug-likeness (QED) is 0.874. The average Bonchev–Trinajstić information content (AvgIpc) is 3.18. The van der Waals surface area contributed by atoms with Gasteiger partial charge in [-0.05, 0) is 60.7 Å². The molecule has 1 amide bonds. The number of nitrogens with two attached hydrogens (primary N) is 1. The van der Waals surface area contributed by atoms with E-state index in [0.717, 1.165) is 29.8 Å². The Morgan fingerprint density at radius 1 is 1.48 bits per heavy atom. The van der Waals surface area contributed by atoms with E-state index in [1.165, 1.54) is 11.0 Å². The molecule has 1 fully saturated rings. The first kappa shape index (κ1) is 13.7. The maximum atomic E-state index is 12.4. The first-order chi connectivity index (χ1) is 9.98. The number of benzene rings is 1. The lowest BCUT2D eigenvalue weighted by Crippen LogP contribution is -2.50. The van der Waals surface area contributed by atoms with E-state index in [9.17, 15) is 4.79 Å². The monoisotopic (exact) mass is 286 g/mol. The van der Waals surface area contributed by atoms with Crippen molar-refractivity contribution in [1.82, 2.24) is 20.2 Å². The van der Waals surface area contributed by atoms with Crippen LogP contribution in [-0.4, -0.2) is 31.7 Å². The van der Waals surface area contributed by atoms with Crippen LogP contribution >= 0.6 is 0 Å². The van der Waals surface area contributed by atoms with Gasteiger partial charge in [0.05, 0.1) is 11.2 Å². The number of carbonyl (C=O) groups excluding carboxylic acids is 1. The summed E-state index contributed by atoms with van der Waals surface area (Å²) < 4.78 is 1.54. The Hall–Kier alpha value is -2.28. The van der Waals surface area contributed by atoms with Gasteiger partial charge in [-0.1, -0.05) is 6.07 Å². The van der Waals surface area contributed by atoms with Crippen molar-refractivity contribution in [1.29, 1.82) is 0 Å². The molecular weight excluding hydrogens is 268 g/mol. The summed E-state index contributed by atoms with van der Waals surface area (Å²) >= 11 is 0. The molecule has 1 unspecified atom stereocenters. The molecule has 1 aromatic heterocycles. The summed E-state index contributed by atoms with van der Waals surface area (Å²) in [5.74, 6) is 0.127. The van der Waals surface area contributed by atoms with Crippen LogP contribution in [0.5, 0.6) is 0 Å². The number of aryl methyl sites for hydroxylation is 1. The van der Waals surface area contributed by atoms with E-state index in [1.54, 1.807) is 6.92 Å². The molecule has 3 N–H and O–H groups in total. The van der Waals surface area contributed by atoms with Gasteiger partial charge in [0.1, 0.15) is 6.33 Å². The fraction of sp³-hybridized carbons (Fsp3) is 0.429. The van der Waals surface area contributed by atoms with Crippen molar-refractivity contribution in [2.24, 2.45) is 11.7 Å². The molecule has 110 valence electrons. The van der Waals surface area contributed by atoms with E-state index in [1.807, 2.05) is 25.1 Å². The number of nitrogens with zero attached hydrogens (tertiary/aromatic N) is 4. The molecule has 1 aliphatic rings. The van der Waals surface area contributed by atoms with Crippen LogP contribution in [0, 0.1) is 12.8 Å². The third-order valence-electron chi connectivity index (χ3n) is 4.00. The number of carbonyl (C=O) groups is 1. The van der Waals surface area contributed by atoms with Gasteiger partial charge in [-0.2, -0.15) is 0 Å². The molecule has 0 aliphatic heterocycles. The van der Waals surface area contributed by atoms with Crippen molar-refractivity contribution in [3.8, 4) is 5.69 Å². The SMILES string of the molecule is Cc1ccc(-n2cnnn2)cc1NC(=O)C(C)(N)C1CC1. The molecule has 1 saturated carbocycles. The van der Waals surface area contributed by atoms with E-state index < -0.39 is 5.54 Å². The summed E-state index contributed by atoms with van der Waals surface area (Å²) in [6.45, 7) is 3.73. The Bertz CT molecular complexity index is 660. The zero-order chi connectivity index (χ0) is 15.0. The van der Waals surface area contributed by atoms with Crippen molar-refractivity contribution in [3.63, 3.8) is 0 Å². The second-order valence-electron chi connectivity index (χ2n) is 5.76. The molecule has 0 spiro atoms. The zero-order valence-electron chi connectivity index (χ0n) is 12.1. The van der Waals surface area contributed by atoms with Crippen molar-refractivity contribution < 1.29 is 4.79 Å². The minimum atomic E-state index is -0.822. The Morgan fingerprint density at radius 2 is 2.24 bits per heavy atom. The largest absolute Gasteiger partial charge is 0.324 e. The molecule has 1 heterocycles. The van der Waals surface area contributed by atoms with Gasteiger partial charge >= 0.3 is 0 Å². The van der Waals surface area contributed by atoms with Crippen LogP contribution in [0.25, 0.3) is 5.69 Å². The first-order valence-corrected chi connectivity index (χ1v) is 6.93. The lowest BCUT2D eigenvalue weighted by Gasteiger charge is -2.23. The smallest absolute Gasteiger partial charge is 0.244 e. The topological polar surface area (TPSA) is 98.7 Å². The predicted molar refractivity (Wildman–Crippen MR) is 77.8 cm³/mol. The van der Waals surface area contributed by atoms with Crippen molar-refractivity contribution >= 4 is 11.6 Å². The molecule has 0 saturated heterocycles. The van der Waals surface area contributed by atoms with Crippen molar-refractivity contribution in [2.75, 3.05) is 5.32 Å². The highest BCUT2D eigenvalue weighted by atomic mass is 16.2.